The zero-order valence-electron chi connectivity index (χ0n) is 10.4. The first kappa shape index (κ1) is 13.7. The molecule has 5 nitrogen and oxygen atoms in total. The summed E-state index contributed by atoms with van der Waals surface area (Å²) in [6, 6.07) is 6.77. The highest BCUT2D eigenvalue weighted by Gasteiger charge is 2.25. The van der Waals surface area contributed by atoms with Gasteiger partial charge >= 0.3 is 6.03 Å². The van der Waals surface area contributed by atoms with E-state index in [0.29, 0.717) is 36.6 Å². The standard InChI is InChI=1S/C13H16ClN3O2/c14-10-1-3-11(4-2-10)16-13(19)17-7-5-9(6-8-17)12(15)18/h1-4,9H,5-8H2,(H2,15,18)(H,16,19). The summed E-state index contributed by atoms with van der Waals surface area (Å²) in [6.45, 7) is 1.10. The van der Waals surface area contributed by atoms with Crippen LogP contribution >= 0.6 is 11.6 Å². The molecule has 1 fully saturated rings. The van der Waals surface area contributed by atoms with Crippen molar-refractivity contribution in [3.63, 3.8) is 0 Å². The van der Waals surface area contributed by atoms with E-state index in [4.69, 9.17) is 17.3 Å². The Morgan fingerprint density at radius 1 is 1.21 bits per heavy atom. The van der Waals surface area contributed by atoms with Crippen LogP contribution in [0.15, 0.2) is 24.3 Å². The molecule has 0 aromatic heterocycles. The Labute approximate surface area is 116 Å². The Morgan fingerprint density at radius 2 is 1.79 bits per heavy atom. The third-order valence-electron chi connectivity index (χ3n) is 3.28. The number of likely N-dealkylation sites (tertiary alicyclic amines) is 1. The van der Waals surface area contributed by atoms with Gasteiger partial charge in [-0.2, -0.15) is 0 Å². The second kappa shape index (κ2) is 5.93. The van der Waals surface area contributed by atoms with E-state index in [1.807, 2.05) is 0 Å². The largest absolute Gasteiger partial charge is 0.369 e. The van der Waals surface area contributed by atoms with Crippen molar-refractivity contribution in [1.82, 2.24) is 4.90 Å². The van der Waals surface area contributed by atoms with Crippen molar-refractivity contribution < 1.29 is 9.59 Å². The summed E-state index contributed by atoms with van der Waals surface area (Å²) in [5.74, 6) is -0.391. The lowest BCUT2D eigenvalue weighted by atomic mass is 9.96. The highest BCUT2D eigenvalue weighted by Crippen LogP contribution is 2.18. The Kier molecular flexibility index (Phi) is 4.27. The number of carbonyl (C=O) groups excluding carboxylic acids is 2. The number of hydrogen-bond donors (Lipinski definition) is 2. The molecule has 0 bridgehead atoms. The fourth-order valence-electron chi connectivity index (χ4n) is 2.10. The average molecular weight is 282 g/mol. The number of hydrogen-bond acceptors (Lipinski definition) is 2. The molecular weight excluding hydrogens is 266 g/mol. The predicted octanol–water partition coefficient (Wildman–Crippen LogP) is 2.07. The van der Waals surface area contributed by atoms with Crippen LogP contribution in [0.5, 0.6) is 0 Å². The van der Waals surface area contributed by atoms with Gasteiger partial charge in [-0.3, -0.25) is 4.79 Å². The first-order valence-corrected chi connectivity index (χ1v) is 6.55. The van der Waals surface area contributed by atoms with Crippen LogP contribution in [0.25, 0.3) is 0 Å². The Hall–Kier alpha value is -1.75. The van der Waals surface area contributed by atoms with Gasteiger partial charge in [0.25, 0.3) is 0 Å². The second-order valence-corrected chi connectivity index (χ2v) is 5.04. The van der Waals surface area contributed by atoms with Crippen LogP contribution in [0.4, 0.5) is 10.5 Å². The Morgan fingerprint density at radius 3 is 2.32 bits per heavy atom. The number of nitrogens with two attached hydrogens (primary N) is 1. The fraction of sp³-hybridized carbons (Fsp3) is 0.385. The number of rotatable bonds is 2. The van der Waals surface area contributed by atoms with E-state index in [9.17, 15) is 9.59 Å². The number of anilines is 1. The molecular formula is C13H16ClN3O2. The van der Waals surface area contributed by atoms with Crippen molar-refractivity contribution in [2.24, 2.45) is 11.7 Å². The van der Waals surface area contributed by atoms with Crippen LogP contribution in [-0.4, -0.2) is 29.9 Å². The molecule has 1 aromatic carbocycles. The van der Waals surface area contributed by atoms with E-state index in [1.165, 1.54) is 0 Å². The first-order valence-electron chi connectivity index (χ1n) is 6.17. The number of carbonyl (C=O) groups is 2. The number of nitrogens with one attached hydrogen (secondary N) is 1. The highest BCUT2D eigenvalue weighted by molar-refractivity contribution is 6.30. The van der Waals surface area contributed by atoms with Crippen LogP contribution < -0.4 is 11.1 Å². The molecule has 1 aromatic rings. The summed E-state index contributed by atoms with van der Waals surface area (Å²) in [7, 11) is 0. The lowest BCUT2D eigenvalue weighted by Crippen LogP contribution is -2.43. The molecule has 1 aliphatic rings. The Bertz CT molecular complexity index is 467. The van der Waals surface area contributed by atoms with Crippen LogP contribution in [0, 0.1) is 5.92 Å². The molecule has 1 saturated heterocycles. The minimum Gasteiger partial charge on any atom is -0.369 e. The first-order chi connectivity index (χ1) is 9.06. The van der Waals surface area contributed by atoms with Crippen molar-refractivity contribution in [3.05, 3.63) is 29.3 Å². The lowest BCUT2D eigenvalue weighted by molar-refractivity contribution is -0.122. The van der Waals surface area contributed by atoms with Gasteiger partial charge in [0.1, 0.15) is 0 Å². The molecule has 3 N–H and O–H groups in total. The van der Waals surface area contributed by atoms with E-state index >= 15 is 0 Å². The smallest absolute Gasteiger partial charge is 0.321 e. The number of piperidine rings is 1. The van der Waals surface area contributed by atoms with Crippen LogP contribution in [0.2, 0.25) is 5.02 Å². The summed E-state index contributed by atoms with van der Waals surface area (Å²) in [6.07, 6.45) is 1.26. The third kappa shape index (κ3) is 3.61. The second-order valence-electron chi connectivity index (χ2n) is 4.60. The quantitative estimate of drug-likeness (QED) is 0.871. The molecule has 1 heterocycles. The van der Waals surface area contributed by atoms with Gasteiger partial charge in [-0.25, -0.2) is 4.79 Å². The van der Waals surface area contributed by atoms with Gasteiger partial charge in [0.15, 0.2) is 0 Å². The maximum Gasteiger partial charge on any atom is 0.321 e. The van der Waals surface area contributed by atoms with Crippen LogP contribution in [0.1, 0.15) is 12.8 Å². The zero-order chi connectivity index (χ0) is 13.8. The summed E-state index contributed by atoms with van der Waals surface area (Å²) in [5.41, 5.74) is 5.96. The van der Waals surface area contributed by atoms with Gasteiger partial charge in [-0.15, -0.1) is 0 Å². The monoisotopic (exact) mass is 281 g/mol. The Balaban J connectivity index is 1.88. The molecule has 2 rings (SSSR count). The lowest BCUT2D eigenvalue weighted by Gasteiger charge is -2.30. The number of urea groups is 1. The van der Waals surface area contributed by atoms with E-state index in [1.54, 1.807) is 29.2 Å². The molecule has 0 spiro atoms. The van der Waals surface area contributed by atoms with E-state index in [-0.39, 0.29) is 17.9 Å². The highest BCUT2D eigenvalue weighted by atomic mass is 35.5. The molecule has 102 valence electrons. The van der Waals surface area contributed by atoms with Crippen LogP contribution in [-0.2, 0) is 4.79 Å². The van der Waals surface area contributed by atoms with Crippen LogP contribution in [0.3, 0.4) is 0 Å². The van der Waals surface area contributed by atoms with Crippen molar-refractivity contribution in [2.45, 2.75) is 12.8 Å². The molecule has 0 atom stereocenters. The van der Waals surface area contributed by atoms with Gasteiger partial charge in [-0.05, 0) is 37.1 Å². The van der Waals surface area contributed by atoms with Gasteiger partial charge in [-0.1, -0.05) is 11.6 Å². The number of halogens is 1. The van der Waals surface area contributed by atoms with Crippen molar-refractivity contribution in [2.75, 3.05) is 18.4 Å². The minimum atomic E-state index is -0.280. The molecule has 3 amide bonds. The number of nitrogens with zero attached hydrogens (tertiary/aromatic N) is 1. The number of benzene rings is 1. The zero-order valence-corrected chi connectivity index (χ0v) is 11.2. The normalized spacial score (nSPS) is 16.2. The SMILES string of the molecule is NC(=O)C1CCN(C(=O)Nc2ccc(Cl)cc2)CC1. The maximum atomic E-state index is 12.0. The van der Waals surface area contributed by atoms with Gasteiger partial charge < -0.3 is 16.0 Å². The van der Waals surface area contributed by atoms with Gasteiger partial charge in [0, 0.05) is 29.7 Å². The topological polar surface area (TPSA) is 75.4 Å². The summed E-state index contributed by atoms with van der Waals surface area (Å²) in [5, 5.41) is 3.42. The number of amides is 3. The fourth-order valence-corrected chi connectivity index (χ4v) is 2.23. The molecule has 0 saturated carbocycles. The summed E-state index contributed by atoms with van der Waals surface area (Å²) >= 11 is 5.78. The van der Waals surface area contributed by atoms with E-state index in [0.717, 1.165) is 0 Å². The third-order valence-corrected chi connectivity index (χ3v) is 3.53. The molecule has 0 aliphatic carbocycles. The summed E-state index contributed by atoms with van der Waals surface area (Å²) in [4.78, 5) is 24.7. The van der Waals surface area contributed by atoms with E-state index in [2.05, 4.69) is 5.32 Å². The predicted molar refractivity (Wildman–Crippen MR) is 74.0 cm³/mol. The van der Waals surface area contributed by atoms with Crippen molar-refractivity contribution in [1.29, 1.82) is 0 Å². The van der Waals surface area contributed by atoms with Crippen molar-refractivity contribution >= 4 is 29.2 Å². The van der Waals surface area contributed by atoms with Crippen molar-refractivity contribution in [3.8, 4) is 0 Å². The molecule has 0 radical (unpaired) electrons. The van der Waals surface area contributed by atoms with Gasteiger partial charge in [0.2, 0.25) is 5.91 Å². The molecule has 6 heteroatoms. The van der Waals surface area contributed by atoms with E-state index < -0.39 is 0 Å². The minimum absolute atomic E-state index is 0.111. The molecule has 1 aliphatic heterocycles. The number of primary amides is 1. The summed E-state index contributed by atoms with van der Waals surface area (Å²) < 4.78 is 0. The maximum absolute atomic E-state index is 12.0. The average Bonchev–Trinajstić information content (AvgIpc) is 2.41. The van der Waals surface area contributed by atoms with Gasteiger partial charge in [0.05, 0.1) is 0 Å². The molecule has 19 heavy (non-hydrogen) atoms. The molecule has 0 unspecified atom stereocenters.